The molecule has 0 fully saturated rings. The summed E-state index contributed by atoms with van der Waals surface area (Å²) >= 11 is 3.33. The van der Waals surface area contributed by atoms with Crippen LogP contribution in [0.15, 0.2) is 22.6 Å². The van der Waals surface area contributed by atoms with Crippen molar-refractivity contribution in [3.63, 3.8) is 0 Å². The van der Waals surface area contributed by atoms with Gasteiger partial charge in [-0.3, -0.25) is 9.48 Å². The SMILES string of the molecule is Cn1ncc(C(=O)C2=COCCC2)c1Br. The number of halogens is 1. The summed E-state index contributed by atoms with van der Waals surface area (Å²) in [6, 6.07) is 0. The standard InChI is InChI=1S/C10H11BrN2O2/c1-13-10(11)8(5-12-13)9(14)7-3-2-4-15-6-7/h5-6H,2-4H2,1H3. The van der Waals surface area contributed by atoms with Crippen LogP contribution in [0.5, 0.6) is 0 Å². The molecule has 0 N–H and O–H groups in total. The van der Waals surface area contributed by atoms with Crippen molar-refractivity contribution in [1.82, 2.24) is 9.78 Å². The van der Waals surface area contributed by atoms with E-state index in [4.69, 9.17) is 4.74 Å². The first-order chi connectivity index (χ1) is 7.20. The van der Waals surface area contributed by atoms with E-state index in [1.807, 2.05) is 0 Å². The van der Waals surface area contributed by atoms with E-state index in [2.05, 4.69) is 21.0 Å². The van der Waals surface area contributed by atoms with Gasteiger partial charge in [-0.15, -0.1) is 0 Å². The van der Waals surface area contributed by atoms with Crippen LogP contribution >= 0.6 is 15.9 Å². The summed E-state index contributed by atoms with van der Waals surface area (Å²) in [4.78, 5) is 12.0. The van der Waals surface area contributed by atoms with E-state index in [-0.39, 0.29) is 5.78 Å². The molecule has 1 aromatic heterocycles. The molecule has 1 aromatic rings. The normalized spacial score (nSPS) is 15.7. The zero-order chi connectivity index (χ0) is 10.8. The fourth-order valence-electron chi connectivity index (χ4n) is 1.48. The molecule has 0 unspecified atom stereocenters. The molecule has 0 saturated carbocycles. The average Bonchev–Trinajstić information content (AvgIpc) is 2.60. The van der Waals surface area contributed by atoms with Crippen LogP contribution < -0.4 is 0 Å². The Balaban J connectivity index is 2.28. The Labute approximate surface area is 96.0 Å². The molecule has 0 bridgehead atoms. The van der Waals surface area contributed by atoms with E-state index >= 15 is 0 Å². The van der Waals surface area contributed by atoms with Gasteiger partial charge in [0.2, 0.25) is 0 Å². The molecule has 1 aliphatic rings. The number of hydrogen-bond acceptors (Lipinski definition) is 3. The van der Waals surface area contributed by atoms with E-state index in [0.717, 1.165) is 18.4 Å². The van der Waals surface area contributed by atoms with Crippen molar-refractivity contribution in [2.45, 2.75) is 12.8 Å². The zero-order valence-corrected chi connectivity index (χ0v) is 9.95. The Bertz CT molecular complexity index is 423. The molecule has 0 saturated heterocycles. The predicted molar refractivity (Wildman–Crippen MR) is 58.5 cm³/mol. The van der Waals surface area contributed by atoms with Crippen LogP contribution in [0.3, 0.4) is 0 Å². The minimum atomic E-state index is -0.00493. The summed E-state index contributed by atoms with van der Waals surface area (Å²) in [6.45, 7) is 0.699. The van der Waals surface area contributed by atoms with Gasteiger partial charge in [0, 0.05) is 12.6 Å². The maximum atomic E-state index is 12.0. The number of aryl methyl sites for hydroxylation is 1. The number of aromatic nitrogens is 2. The van der Waals surface area contributed by atoms with Gasteiger partial charge in [-0.25, -0.2) is 0 Å². The quantitative estimate of drug-likeness (QED) is 0.773. The van der Waals surface area contributed by atoms with E-state index < -0.39 is 0 Å². The topological polar surface area (TPSA) is 44.1 Å². The fourth-order valence-corrected chi connectivity index (χ4v) is 1.85. The molecule has 1 aliphatic heterocycles. The van der Waals surface area contributed by atoms with E-state index in [1.165, 1.54) is 0 Å². The second kappa shape index (κ2) is 4.18. The van der Waals surface area contributed by atoms with Crippen molar-refractivity contribution in [1.29, 1.82) is 0 Å². The van der Waals surface area contributed by atoms with Gasteiger partial charge < -0.3 is 4.74 Å². The van der Waals surface area contributed by atoms with Crippen LogP contribution in [0, 0.1) is 0 Å². The van der Waals surface area contributed by atoms with Crippen LogP contribution in [-0.4, -0.2) is 22.2 Å². The lowest BCUT2D eigenvalue weighted by molar-refractivity contribution is 0.101. The van der Waals surface area contributed by atoms with Crippen LogP contribution in [0.25, 0.3) is 0 Å². The molecule has 0 atom stereocenters. The van der Waals surface area contributed by atoms with E-state index in [1.54, 1.807) is 24.2 Å². The Morgan fingerprint density at radius 3 is 3.00 bits per heavy atom. The number of hydrogen-bond donors (Lipinski definition) is 0. The van der Waals surface area contributed by atoms with E-state index in [0.29, 0.717) is 16.8 Å². The van der Waals surface area contributed by atoms with Crippen molar-refractivity contribution in [2.75, 3.05) is 6.61 Å². The first-order valence-electron chi connectivity index (χ1n) is 4.73. The highest BCUT2D eigenvalue weighted by Gasteiger charge is 2.19. The second-order valence-corrected chi connectivity index (χ2v) is 4.17. The highest BCUT2D eigenvalue weighted by atomic mass is 79.9. The van der Waals surface area contributed by atoms with Crippen LogP contribution in [0.2, 0.25) is 0 Å². The zero-order valence-electron chi connectivity index (χ0n) is 8.36. The van der Waals surface area contributed by atoms with Crippen LogP contribution in [-0.2, 0) is 11.8 Å². The lowest BCUT2D eigenvalue weighted by atomic mass is 10.0. The third-order valence-corrected chi connectivity index (χ3v) is 3.28. The lowest BCUT2D eigenvalue weighted by Gasteiger charge is -2.11. The number of carbonyl (C=O) groups excluding carboxylic acids is 1. The maximum Gasteiger partial charge on any atom is 0.196 e. The highest BCUT2D eigenvalue weighted by molar-refractivity contribution is 9.10. The molecule has 0 aliphatic carbocycles. The summed E-state index contributed by atoms with van der Waals surface area (Å²) in [5, 5.41) is 4.01. The van der Waals surface area contributed by atoms with Crippen molar-refractivity contribution < 1.29 is 9.53 Å². The molecule has 0 amide bonds. The molecule has 2 rings (SSSR count). The third-order valence-electron chi connectivity index (χ3n) is 2.34. The number of ether oxygens (including phenoxy) is 1. The monoisotopic (exact) mass is 270 g/mol. The molecule has 2 heterocycles. The van der Waals surface area contributed by atoms with Crippen molar-refractivity contribution in [3.05, 3.63) is 28.2 Å². The van der Waals surface area contributed by atoms with Gasteiger partial charge in [-0.1, -0.05) is 0 Å². The highest BCUT2D eigenvalue weighted by Crippen LogP contribution is 2.22. The van der Waals surface area contributed by atoms with Crippen LogP contribution in [0.4, 0.5) is 0 Å². The molecule has 80 valence electrons. The maximum absolute atomic E-state index is 12.0. The number of Topliss-reactive ketones (excluding diaryl/α,β-unsaturated/α-hetero) is 1. The third kappa shape index (κ3) is 1.97. The summed E-state index contributed by atoms with van der Waals surface area (Å²) < 4.78 is 7.48. The van der Waals surface area contributed by atoms with Crippen molar-refractivity contribution >= 4 is 21.7 Å². The first kappa shape index (κ1) is 10.4. The van der Waals surface area contributed by atoms with Gasteiger partial charge in [0.05, 0.1) is 24.6 Å². The van der Waals surface area contributed by atoms with E-state index in [9.17, 15) is 4.79 Å². The molecule has 5 heteroatoms. The number of nitrogens with zero attached hydrogens (tertiary/aromatic N) is 2. The van der Waals surface area contributed by atoms with Gasteiger partial charge >= 0.3 is 0 Å². The average molecular weight is 271 g/mol. The van der Waals surface area contributed by atoms with Gasteiger partial charge in [0.15, 0.2) is 5.78 Å². The fraction of sp³-hybridized carbons (Fsp3) is 0.400. The Hall–Kier alpha value is -1.10. The summed E-state index contributed by atoms with van der Waals surface area (Å²) in [5.41, 5.74) is 1.31. The summed E-state index contributed by atoms with van der Waals surface area (Å²) in [5.74, 6) is -0.00493. The number of allylic oxidation sites excluding steroid dienone is 1. The smallest absolute Gasteiger partial charge is 0.196 e. The molecule has 0 radical (unpaired) electrons. The molecule has 0 spiro atoms. The summed E-state index contributed by atoms with van der Waals surface area (Å²) in [7, 11) is 1.78. The summed E-state index contributed by atoms with van der Waals surface area (Å²) in [6.07, 6.45) is 4.81. The van der Waals surface area contributed by atoms with Gasteiger partial charge in [-0.2, -0.15) is 5.10 Å². The molecular formula is C10H11BrN2O2. The van der Waals surface area contributed by atoms with Crippen molar-refractivity contribution in [2.24, 2.45) is 7.05 Å². The second-order valence-electron chi connectivity index (χ2n) is 3.42. The number of carbonyl (C=O) groups is 1. The first-order valence-corrected chi connectivity index (χ1v) is 5.52. The largest absolute Gasteiger partial charge is 0.501 e. The van der Waals surface area contributed by atoms with Gasteiger partial charge in [-0.05, 0) is 28.8 Å². The predicted octanol–water partition coefficient (Wildman–Crippen LogP) is 2.06. The Kier molecular flexibility index (Phi) is 2.90. The Morgan fingerprint density at radius 1 is 1.67 bits per heavy atom. The van der Waals surface area contributed by atoms with Crippen molar-refractivity contribution in [3.8, 4) is 0 Å². The molecule has 15 heavy (non-hydrogen) atoms. The van der Waals surface area contributed by atoms with Crippen LogP contribution in [0.1, 0.15) is 23.2 Å². The Morgan fingerprint density at radius 2 is 2.47 bits per heavy atom. The number of rotatable bonds is 2. The minimum Gasteiger partial charge on any atom is -0.501 e. The molecule has 4 nitrogen and oxygen atoms in total. The molecular weight excluding hydrogens is 260 g/mol. The molecule has 0 aromatic carbocycles. The van der Waals surface area contributed by atoms with Gasteiger partial charge in [0.25, 0.3) is 0 Å². The minimum absolute atomic E-state index is 0.00493. The van der Waals surface area contributed by atoms with Gasteiger partial charge in [0.1, 0.15) is 4.60 Å². The lowest BCUT2D eigenvalue weighted by Crippen LogP contribution is -2.09. The number of ketones is 1.